The summed E-state index contributed by atoms with van der Waals surface area (Å²) in [5.41, 5.74) is 0.0900. The Morgan fingerprint density at radius 1 is 1.52 bits per heavy atom. The predicted molar refractivity (Wildman–Crippen MR) is 73.1 cm³/mol. The van der Waals surface area contributed by atoms with Gasteiger partial charge in [-0.1, -0.05) is 0 Å². The molecule has 0 aliphatic carbocycles. The Hall–Kier alpha value is -1.50. The minimum atomic E-state index is -4.34. The molecule has 0 saturated carbocycles. The molecule has 7 heteroatoms. The first-order chi connectivity index (χ1) is 9.90. The van der Waals surface area contributed by atoms with Crippen molar-refractivity contribution in [2.75, 3.05) is 19.6 Å². The fraction of sp³-hybridized carbons (Fsp3) is 0.643. The summed E-state index contributed by atoms with van der Waals surface area (Å²) in [4.78, 5) is 14.0. The van der Waals surface area contributed by atoms with E-state index in [1.165, 1.54) is 18.3 Å². The molecule has 0 aromatic carbocycles. The second-order valence-corrected chi connectivity index (χ2v) is 5.27. The number of carbonyl (C=O) groups excluding carboxylic acids is 1. The largest absolute Gasteiger partial charge is 0.406 e. The topological polar surface area (TPSA) is 37.3 Å². The van der Waals surface area contributed by atoms with Gasteiger partial charge in [0.15, 0.2) is 0 Å². The van der Waals surface area contributed by atoms with Crippen LogP contribution in [0.15, 0.2) is 18.3 Å². The molecule has 2 rings (SSSR count). The van der Waals surface area contributed by atoms with Gasteiger partial charge in [0.25, 0.3) is 5.91 Å². The van der Waals surface area contributed by atoms with Crippen LogP contribution in [0.2, 0.25) is 0 Å². The lowest BCUT2D eigenvalue weighted by Crippen LogP contribution is -2.41. The molecular weight excluding hydrogens is 283 g/mol. The van der Waals surface area contributed by atoms with Gasteiger partial charge in [-0.05, 0) is 38.4 Å². The van der Waals surface area contributed by atoms with Crippen LogP contribution in [0, 0.1) is 0 Å². The average molecular weight is 303 g/mol. The number of amides is 1. The third-order valence-corrected chi connectivity index (χ3v) is 3.67. The van der Waals surface area contributed by atoms with E-state index in [0.29, 0.717) is 13.1 Å². The van der Waals surface area contributed by atoms with E-state index in [0.717, 1.165) is 24.0 Å². The quantitative estimate of drug-likeness (QED) is 0.906. The van der Waals surface area contributed by atoms with Crippen molar-refractivity contribution in [2.24, 2.45) is 0 Å². The summed E-state index contributed by atoms with van der Waals surface area (Å²) in [5.74, 6) is -0.347. The smallest absolute Gasteiger partial charge is 0.336 e. The van der Waals surface area contributed by atoms with Gasteiger partial charge in [0.1, 0.15) is 12.2 Å². The Kier molecular flexibility index (Phi) is 4.92. The van der Waals surface area contributed by atoms with Gasteiger partial charge in [0, 0.05) is 25.3 Å². The number of alkyl halides is 3. The van der Waals surface area contributed by atoms with E-state index in [2.05, 4.69) is 5.32 Å². The summed E-state index contributed by atoms with van der Waals surface area (Å²) in [6, 6.07) is 3.15. The molecule has 0 spiro atoms. The summed E-state index contributed by atoms with van der Waals surface area (Å²) in [6.45, 7) is 2.64. The van der Waals surface area contributed by atoms with Gasteiger partial charge in [-0.15, -0.1) is 0 Å². The zero-order valence-corrected chi connectivity index (χ0v) is 12.0. The van der Waals surface area contributed by atoms with Crippen molar-refractivity contribution in [1.29, 1.82) is 0 Å². The molecule has 1 aliphatic heterocycles. The first-order valence-corrected chi connectivity index (χ1v) is 7.15. The number of nitrogens with one attached hydrogen (secondary N) is 1. The zero-order valence-electron chi connectivity index (χ0n) is 12.0. The van der Waals surface area contributed by atoms with Crippen molar-refractivity contribution in [2.45, 2.75) is 38.5 Å². The van der Waals surface area contributed by atoms with Crippen molar-refractivity contribution in [1.82, 2.24) is 14.8 Å². The highest BCUT2D eigenvalue weighted by atomic mass is 19.4. The van der Waals surface area contributed by atoms with Crippen LogP contribution in [0.25, 0.3) is 0 Å². The zero-order chi connectivity index (χ0) is 15.5. The molecule has 4 nitrogen and oxygen atoms in total. The predicted octanol–water partition coefficient (Wildman–Crippen LogP) is 2.26. The van der Waals surface area contributed by atoms with Gasteiger partial charge in [-0.25, -0.2) is 0 Å². The molecule has 21 heavy (non-hydrogen) atoms. The van der Waals surface area contributed by atoms with Crippen LogP contribution in [0.1, 0.15) is 30.3 Å². The second-order valence-electron chi connectivity index (χ2n) is 5.27. The van der Waals surface area contributed by atoms with Crippen LogP contribution in [-0.4, -0.2) is 47.2 Å². The first-order valence-electron chi connectivity index (χ1n) is 7.15. The Balaban J connectivity index is 2.08. The minimum absolute atomic E-state index is 0.0900. The lowest BCUT2D eigenvalue weighted by atomic mass is 10.2. The summed E-state index contributed by atoms with van der Waals surface area (Å²) in [6.07, 6.45) is -0.977. The van der Waals surface area contributed by atoms with Gasteiger partial charge in [0.05, 0.1) is 0 Å². The fourth-order valence-electron chi connectivity index (χ4n) is 2.64. The Bertz CT molecular complexity index is 478. The summed E-state index contributed by atoms with van der Waals surface area (Å²) in [7, 11) is 0. The molecule has 1 saturated heterocycles. The molecule has 1 N–H and O–H groups in total. The molecule has 1 amide bonds. The van der Waals surface area contributed by atoms with Gasteiger partial charge in [0.2, 0.25) is 0 Å². The molecular formula is C14H20F3N3O. The van der Waals surface area contributed by atoms with Gasteiger partial charge in [-0.2, -0.15) is 13.2 Å². The van der Waals surface area contributed by atoms with Crippen molar-refractivity contribution < 1.29 is 18.0 Å². The molecule has 2 heterocycles. The highest BCUT2D eigenvalue weighted by molar-refractivity contribution is 5.92. The number of carbonyl (C=O) groups is 1. The number of likely N-dealkylation sites (N-methyl/N-ethyl adjacent to an activating group) is 1. The molecule has 0 bridgehead atoms. The SMILES string of the molecule is CCN(CC1CCCN1)C(=O)c1cccn1CC(F)(F)F. The van der Waals surface area contributed by atoms with Crippen LogP contribution in [0.4, 0.5) is 13.2 Å². The van der Waals surface area contributed by atoms with E-state index < -0.39 is 12.7 Å². The van der Waals surface area contributed by atoms with Crippen molar-refractivity contribution in [3.63, 3.8) is 0 Å². The Morgan fingerprint density at radius 3 is 2.86 bits per heavy atom. The first kappa shape index (κ1) is 15.9. The number of aromatic nitrogens is 1. The van der Waals surface area contributed by atoms with Crippen LogP contribution in [0.3, 0.4) is 0 Å². The van der Waals surface area contributed by atoms with E-state index in [1.807, 2.05) is 6.92 Å². The third-order valence-electron chi connectivity index (χ3n) is 3.67. The van der Waals surface area contributed by atoms with Crippen LogP contribution in [0.5, 0.6) is 0 Å². The number of hydrogen-bond donors (Lipinski definition) is 1. The maximum Gasteiger partial charge on any atom is 0.406 e. The Labute approximate surface area is 121 Å². The third kappa shape index (κ3) is 4.23. The monoisotopic (exact) mass is 303 g/mol. The maximum absolute atomic E-state index is 12.5. The van der Waals surface area contributed by atoms with Crippen molar-refractivity contribution >= 4 is 5.91 Å². The van der Waals surface area contributed by atoms with Crippen LogP contribution < -0.4 is 5.32 Å². The normalized spacial score (nSPS) is 19.0. The Morgan fingerprint density at radius 2 is 2.29 bits per heavy atom. The van der Waals surface area contributed by atoms with Gasteiger partial charge in [-0.3, -0.25) is 4.79 Å². The summed E-state index contributed by atoms with van der Waals surface area (Å²) < 4.78 is 38.5. The molecule has 1 unspecified atom stereocenters. The van der Waals surface area contributed by atoms with Crippen molar-refractivity contribution in [3.05, 3.63) is 24.0 Å². The highest BCUT2D eigenvalue weighted by Crippen LogP contribution is 2.20. The number of hydrogen-bond acceptors (Lipinski definition) is 2. The number of nitrogens with zero attached hydrogens (tertiary/aromatic N) is 2. The number of rotatable bonds is 5. The standard InChI is InChI=1S/C14H20F3N3O/c1-2-19(9-11-5-3-7-18-11)13(21)12-6-4-8-20(12)10-14(15,16)17/h4,6,8,11,18H,2-3,5,7,9-10H2,1H3. The van der Waals surface area contributed by atoms with Crippen LogP contribution in [-0.2, 0) is 6.54 Å². The lowest BCUT2D eigenvalue weighted by Gasteiger charge is -2.25. The molecule has 1 atom stereocenters. The highest BCUT2D eigenvalue weighted by Gasteiger charge is 2.30. The van der Waals surface area contributed by atoms with Crippen molar-refractivity contribution in [3.8, 4) is 0 Å². The van der Waals surface area contributed by atoms with E-state index in [1.54, 1.807) is 4.90 Å². The molecule has 1 aliphatic rings. The maximum atomic E-state index is 12.5. The fourth-order valence-corrected chi connectivity index (χ4v) is 2.64. The minimum Gasteiger partial charge on any atom is -0.336 e. The lowest BCUT2D eigenvalue weighted by molar-refractivity contribution is -0.140. The molecule has 1 aromatic rings. The summed E-state index contributed by atoms with van der Waals surface area (Å²) >= 11 is 0. The van der Waals surface area contributed by atoms with E-state index >= 15 is 0 Å². The molecule has 0 radical (unpaired) electrons. The van der Waals surface area contributed by atoms with E-state index in [4.69, 9.17) is 0 Å². The second kappa shape index (κ2) is 6.51. The average Bonchev–Trinajstić information content (AvgIpc) is 3.04. The number of halogens is 3. The molecule has 118 valence electrons. The van der Waals surface area contributed by atoms with Gasteiger partial charge < -0.3 is 14.8 Å². The van der Waals surface area contributed by atoms with Gasteiger partial charge >= 0.3 is 6.18 Å². The van der Waals surface area contributed by atoms with Crippen LogP contribution >= 0.6 is 0 Å². The molecule has 1 aromatic heterocycles. The van der Waals surface area contributed by atoms with E-state index in [-0.39, 0.29) is 17.6 Å². The van der Waals surface area contributed by atoms with E-state index in [9.17, 15) is 18.0 Å². The summed E-state index contributed by atoms with van der Waals surface area (Å²) in [5, 5.41) is 3.29. The molecule has 1 fully saturated rings.